The van der Waals surface area contributed by atoms with E-state index >= 15 is 0 Å². The van der Waals surface area contributed by atoms with Crippen LogP contribution in [0.15, 0.2) is 36.4 Å². The molecule has 0 amide bonds. The van der Waals surface area contributed by atoms with E-state index in [-0.39, 0.29) is 26.9 Å². The minimum Gasteiger partial charge on any atom is -0.465 e. The molecule has 114 valence electrons. The summed E-state index contributed by atoms with van der Waals surface area (Å²) in [6.45, 7) is 0. The van der Waals surface area contributed by atoms with Crippen molar-refractivity contribution < 1.29 is 19.1 Å². The summed E-state index contributed by atoms with van der Waals surface area (Å²) in [4.78, 5) is 24.0. The molecule has 0 aliphatic heterocycles. The van der Waals surface area contributed by atoms with Crippen LogP contribution in [-0.4, -0.2) is 19.0 Å². The first kappa shape index (κ1) is 16.6. The van der Waals surface area contributed by atoms with Gasteiger partial charge in [-0.25, -0.2) is 9.59 Å². The number of ether oxygens (including phenoxy) is 2. The van der Waals surface area contributed by atoms with Gasteiger partial charge in [0.2, 0.25) is 0 Å². The van der Waals surface area contributed by atoms with Crippen LogP contribution in [0.5, 0.6) is 5.75 Å². The van der Waals surface area contributed by atoms with Gasteiger partial charge >= 0.3 is 11.9 Å². The monoisotopic (exact) mass is 358 g/mol. The molecule has 0 aliphatic carbocycles. The van der Waals surface area contributed by atoms with Crippen molar-refractivity contribution in [2.24, 2.45) is 0 Å². The highest BCUT2D eigenvalue weighted by Gasteiger charge is 2.21. The molecule has 0 heterocycles. The van der Waals surface area contributed by atoms with Crippen LogP contribution in [0.4, 0.5) is 0 Å². The van der Waals surface area contributed by atoms with Gasteiger partial charge in [0.15, 0.2) is 0 Å². The molecule has 0 aromatic heterocycles. The van der Waals surface area contributed by atoms with Crippen molar-refractivity contribution in [3.05, 3.63) is 62.6 Å². The van der Waals surface area contributed by atoms with Crippen molar-refractivity contribution in [3.8, 4) is 5.75 Å². The van der Waals surface area contributed by atoms with Crippen LogP contribution in [0.25, 0.3) is 0 Å². The van der Waals surface area contributed by atoms with E-state index in [0.29, 0.717) is 5.02 Å². The van der Waals surface area contributed by atoms with Gasteiger partial charge in [0.1, 0.15) is 5.75 Å². The first-order chi connectivity index (χ1) is 10.4. The molecule has 0 aliphatic rings. The summed E-state index contributed by atoms with van der Waals surface area (Å²) in [5.41, 5.74) is -0.0768. The molecule has 0 unspecified atom stereocenters. The summed E-state index contributed by atoms with van der Waals surface area (Å²) >= 11 is 17.5. The minimum absolute atomic E-state index is 0.0316. The lowest BCUT2D eigenvalue weighted by atomic mass is 10.1. The van der Waals surface area contributed by atoms with Gasteiger partial charge in [-0.05, 0) is 36.4 Å². The number of carbonyl (C=O) groups excluding carboxylic acids is 2. The summed E-state index contributed by atoms with van der Waals surface area (Å²) in [5, 5.41) is 0.757. The van der Waals surface area contributed by atoms with Crippen LogP contribution in [0.2, 0.25) is 15.1 Å². The van der Waals surface area contributed by atoms with E-state index < -0.39 is 11.9 Å². The quantitative estimate of drug-likeness (QED) is 0.591. The third-order valence-corrected chi connectivity index (χ3v) is 3.68. The zero-order valence-electron chi connectivity index (χ0n) is 11.2. The van der Waals surface area contributed by atoms with E-state index in [1.165, 1.54) is 31.4 Å². The van der Waals surface area contributed by atoms with Gasteiger partial charge in [-0.15, -0.1) is 0 Å². The van der Waals surface area contributed by atoms with Crippen molar-refractivity contribution in [2.45, 2.75) is 0 Å². The lowest BCUT2D eigenvalue weighted by Crippen LogP contribution is -2.15. The second kappa shape index (κ2) is 7.01. The number of hydrogen-bond donors (Lipinski definition) is 0. The third kappa shape index (κ3) is 3.71. The number of carbonyl (C=O) groups is 2. The number of halogens is 3. The predicted molar refractivity (Wildman–Crippen MR) is 84.2 cm³/mol. The van der Waals surface area contributed by atoms with E-state index in [9.17, 15) is 9.59 Å². The van der Waals surface area contributed by atoms with Gasteiger partial charge in [0.25, 0.3) is 0 Å². The number of rotatable bonds is 3. The molecule has 2 aromatic rings. The standard InChI is InChI=1S/C15H9Cl3O4/c1-21-14(19)10-6-12(17)13(18)7-11(10)15(20)22-9-4-2-8(16)3-5-9/h2-7H,1H3. The summed E-state index contributed by atoms with van der Waals surface area (Å²) < 4.78 is 9.80. The maximum absolute atomic E-state index is 12.2. The van der Waals surface area contributed by atoms with Gasteiger partial charge < -0.3 is 9.47 Å². The van der Waals surface area contributed by atoms with Gasteiger partial charge in [-0.2, -0.15) is 0 Å². The maximum atomic E-state index is 12.2. The Kier molecular flexibility index (Phi) is 5.29. The van der Waals surface area contributed by atoms with Crippen LogP contribution in [-0.2, 0) is 4.74 Å². The molecular formula is C15H9Cl3O4. The first-order valence-electron chi connectivity index (χ1n) is 5.97. The summed E-state index contributed by atoms with van der Waals surface area (Å²) in [6, 6.07) is 8.70. The molecule has 0 spiro atoms. The lowest BCUT2D eigenvalue weighted by Gasteiger charge is -2.10. The molecular weight excluding hydrogens is 351 g/mol. The predicted octanol–water partition coefficient (Wildman–Crippen LogP) is 4.65. The smallest absolute Gasteiger partial charge is 0.344 e. The Hall–Kier alpha value is -1.75. The average Bonchev–Trinajstić information content (AvgIpc) is 2.51. The molecule has 0 radical (unpaired) electrons. The highest BCUT2D eigenvalue weighted by molar-refractivity contribution is 6.42. The fourth-order valence-electron chi connectivity index (χ4n) is 1.66. The zero-order valence-corrected chi connectivity index (χ0v) is 13.5. The van der Waals surface area contributed by atoms with Crippen LogP contribution in [0.1, 0.15) is 20.7 Å². The fourth-order valence-corrected chi connectivity index (χ4v) is 2.11. The highest BCUT2D eigenvalue weighted by Crippen LogP contribution is 2.27. The molecule has 0 N–H and O–H groups in total. The number of methoxy groups -OCH3 is 1. The molecule has 0 fully saturated rings. The fraction of sp³-hybridized carbons (Fsp3) is 0.0667. The second-order valence-electron chi connectivity index (χ2n) is 4.15. The van der Waals surface area contributed by atoms with Gasteiger partial charge in [0.05, 0.1) is 28.3 Å². The molecule has 2 aromatic carbocycles. The van der Waals surface area contributed by atoms with Crippen molar-refractivity contribution in [2.75, 3.05) is 7.11 Å². The van der Waals surface area contributed by atoms with E-state index in [1.807, 2.05) is 0 Å². The molecule has 22 heavy (non-hydrogen) atoms. The zero-order chi connectivity index (χ0) is 16.3. The lowest BCUT2D eigenvalue weighted by molar-refractivity contribution is 0.0587. The van der Waals surface area contributed by atoms with E-state index in [4.69, 9.17) is 39.5 Å². The minimum atomic E-state index is -0.763. The van der Waals surface area contributed by atoms with Crippen molar-refractivity contribution in [1.82, 2.24) is 0 Å². The summed E-state index contributed by atoms with van der Waals surface area (Å²) in [5.74, 6) is -1.21. The van der Waals surface area contributed by atoms with Crippen LogP contribution in [0, 0.1) is 0 Å². The van der Waals surface area contributed by atoms with Gasteiger partial charge in [0, 0.05) is 5.02 Å². The Labute approximate surface area is 141 Å². The summed E-state index contributed by atoms with van der Waals surface area (Å²) in [7, 11) is 1.19. The molecule has 2 rings (SSSR count). The molecule has 4 nitrogen and oxygen atoms in total. The molecule has 0 saturated carbocycles. The third-order valence-electron chi connectivity index (χ3n) is 2.71. The van der Waals surface area contributed by atoms with Crippen LogP contribution < -0.4 is 4.74 Å². The molecule has 7 heteroatoms. The van der Waals surface area contributed by atoms with Gasteiger partial charge in [-0.1, -0.05) is 34.8 Å². The van der Waals surface area contributed by atoms with Gasteiger partial charge in [-0.3, -0.25) is 0 Å². The van der Waals surface area contributed by atoms with Crippen LogP contribution >= 0.6 is 34.8 Å². The Morgan fingerprint density at radius 1 is 0.864 bits per heavy atom. The largest absolute Gasteiger partial charge is 0.465 e. The van der Waals surface area contributed by atoms with E-state index in [0.717, 1.165) is 0 Å². The Morgan fingerprint density at radius 3 is 1.86 bits per heavy atom. The Morgan fingerprint density at radius 2 is 1.36 bits per heavy atom. The Balaban J connectivity index is 2.37. The van der Waals surface area contributed by atoms with Crippen LogP contribution in [0.3, 0.4) is 0 Å². The molecule has 0 saturated heterocycles. The van der Waals surface area contributed by atoms with E-state index in [1.54, 1.807) is 12.1 Å². The van der Waals surface area contributed by atoms with E-state index in [2.05, 4.69) is 4.74 Å². The number of esters is 2. The molecule has 0 atom stereocenters. The van der Waals surface area contributed by atoms with Crippen molar-refractivity contribution >= 4 is 46.7 Å². The molecule has 0 bridgehead atoms. The topological polar surface area (TPSA) is 52.6 Å². The first-order valence-corrected chi connectivity index (χ1v) is 7.11. The second-order valence-corrected chi connectivity index (χ2v) is 5.40. The number of hydrogen-bond acceptors (Lipinski definition) is 4. The SMILES string of the molecule is COC(=O)c1cc(Cl)c(Cl)cc1C(=O)Oc1ccc(Cl)cc1. The van der Waals surface area contributed by atoms with Crippen molar-refractivity contribution in [3.63, 3.8) is 0 Å². The maximum Gasteiger partial charge on any atom is 0.344 e. The van der Waals surface area contributed by atoms with Crippen molar-refractivity contribution in [1.29, 1.82) is 0 Å². The highest BCUT2D eigenvalue weighted by atomic mass is 35.5. The number of benzene rings is 2. The normalized spacial score (nSPS) is 10.2. The summed E-state index contributed by atoms with van der Waals surface area (Å²) in [6.07, 6.45) is 0. The average molecular weight is 360 g/mol. The Bertz CT molecular complexity index is 726.